The van der Waals surface area contributed by atoms with Crippen LogP contribution in [0.1, 0.15) is 36.8 Å². The Labute approximate surface area is 117 Å². The van der Waals surface area contributed by atoms with Crippen molar-refractivity contribution in [2.45, 2.75) is 38.1 Å². The zero-order valence-electron chi connectivity index (χ0n) is 11.0. The maximum Gasteiger partial charge on any atom is 0.235 e. The topological polar surface area (TPSA) is 58.9 Å². The number of aliphatic imine (C=N–C) groups is 1. The number of isocyanates is 1. The largest absolute Gasteiger partial charge is 0.503 e. The van der Waals surface area contributed by atoms with Crippen LogP contribution in [0.3, 0.4) is 0 Å². The van der Waals surface area contributed by atoms with E-state index in [0.717, 1.165) is 31.2 Å². The van der Waals surface area contributed by atoms with E-state index >= 15 is 0 Å². The highest BCUT2D eigenvalue weighted by Crippen LogP contribution is 2.50. The van der Waals surface area contributed by atoms with Gasteiger partial charge in [0.25, 0.3) is 0 Å². The molecule has 1 aliphatic rings. The van der Waals surface area contributed by atoms with Gasteiger partial charge < -0.3 is 9.84 Å². The average molecular weight is 282 g/mol. The number of benzene rings is 1. The van der Waals surface area contributed by atoms with Crippen molar-refractivity contribution in [3.05, 3.63) is 22.2 Å². The van der Waals surface area contributed by atoms with E-state index in [2.05, 4.69) is 4.99 Å². The molecule has 5 heteroatoms. The molecule has 1 aromatic carbocycles. The molecule has 0 unspecified atom stereocenters. The SMILES string of the molecule is COc1cc(C)c(C2(N=C=O)CCCC2)c(Cl)c1O. The fourth-order valence-electron chi connectivity index (χ4n) is 2.93. The smallest absolute Gasteiger partial charge is 0.235 e. The van der Waals surface area contributed by atoms with Gasteiger partial charge in [-0.1, -0.05) is 24.4 Å². The molecule has 1 N–H and O–H groups in total. The number of carbonyl (C=O) groups excluding carboxylic acids is 1. The maximum absolute atomic E-state index is 10.7. The Hall–Kier alpha value is -1.51. The first kappa shape index (κ1) is 13.9. The average Bonchev–Trinajstić information content (AvgIpc) is 2.83. The van der Waals surface area contributed by atoms with E-state index in [-0.39, 0.29) is 10.8 Å². The molecule has 0 bridgehead atoms. The van der Waals surface area contributed by atoms with Crippen LogP contribution < -0.4 is 4.74 Å². The third-order valence-electron chi connectivity index (χ3n) is 3.78. The lowest BCUT2D eigenvalue weighted by Gasteiger charge is -2.27. The van der Waals surface area contributed by atoms with Gasteiger partial charge in [0.2, 0.25) is 6.08 Å². The van der Waals surface area contributed by atoms with Gasteiger partial charge in [0.15, 0.2) is 11.5 Å². The zero-order valence-corrected chi connectivity index (χ0v) is 11.8. The molecule has 1 fully saturated rings. The number of methoxy groups -OCH3 is 1. The second-order valence-electron chi connectivity index (χ2n) is 4.88. The summed E-state index contributed by atoms with van der Waals surface area (Å²) >= 11 is 6.27. The van der Waals surface area contributed by atoms with Crippen molar-refractivity contribution in [2.75, 3.05) is 7.11 Å². The Balaban J connectivity index is 2.67. The monoisotopic (exact) mass is 281 g/mol. The molecule has 0 amide bonds. The fourth-order valence-corrected chi connectivity index (χ4v) is 3.35. The number of phenols is 1. The van der Waals surface area contributed by atoms with Crippen LogP contribution in [0.15, 0.2) is 11.1 Å². The summed E-state index contributed by atoms with van der Waals surface area (Å²) in [6.07, 6.45) is 5.10. The van der Waals surface area contributed by atoms with Gasteiger partial charge in [0, 0.05) is 5.56 Å². The van der Waals surface area contributed by atoms with Gasteiger partial charge >= 0.3 is 0 Å². The highest BCUT2D eigenvalue weighted by molar-refractivity contribution is 6.33. The van der Waals surface area contributed by atoms with Gasteiger partial charge in [-0.2, -0.15) is 4.99 Å². The second kappa shape index (κ2) is 5.24. The highest BCUT2D eigenvalue weighted by atomic mass is 35.5. The number of hydrogen-bond donors (Lipinski definition) is 1. The predicted octanol–water partition coefficient (Wildman–Crippen LogP) is 3.47. The number of ether oxygens (including phenoxy) is 1. The van der Waals surface area contributed by atoms with Crippen LogP contribution in [-0.4, -0.2) is 18.3 Å². The number of phenolic OH excluding ortho intramolecular Hbond substituents is 1. The molecule has 0 heterocycles. The van der Waals surface area contributed by atoms with Crippen LogP contribution in [0.5, 0.6) is 11.5 Å². The van der Waals surface area contributed by atoms with E-state index in [0.29, 0.717) is 11.3 Å². The minimum Gasteiger partial charge on any atom is -0.503 e. The van der Waals surface area contributed by atoms with Gasteiger partial charge in [0.1, 0.15) is 5.54 Å². The summed E-state index contributed by atoms with van der Waals surface area (Å²) in [5.74, 6) is 0.228. The van der Waals surface area contributed by atoms with Crippen LogP contribution in [0.25, 0.3) is 0 Å². The third kappa shape index (κ3) is 2.22. The van der Waals surface area contributed by atoms with Crippen molar-refractivity contribution < 1.29 is 14.6 Å². The van der Waals surface area contributed by atoms with Crippen LogP contribution in [0.4, 0.5) is 0 Å². The lowest BCUT2D eigenvalue weighted by molar-refractivity contribution is 0.370. The number of nitrogens with zero attached hydrogens (tertiary/aromatic N) is 1. The zero-order chi connectivity index (χ0) is 14.0. The van der Waals surface area contributed by atoms with E-state index in [1.807, 2.05) is 6.92 Å². The summed E-state index contributed by atoms with van der Waals surface area (Å²) < 4.78 is 5.07. The maximum atomic E-state index is 10.7. The van der Waals surface area contributed by atoms with Crippen molar-refractivity contribution >= 4 is 17.7 Å². The van der Waals surface area contributed by atoms with Crippen molar-refractivity contribution in [1.29, 1.82) is 0 Å². The Kier molecular flexibility index (Phi) is 3.83. The summed E-state index contributed by atoms with van der Waals surface area (Å²) in [4.78, 5) is 14.7. The molecular weight excluding hydrogens is 266 g/mol. The molecule has 0 spiro atoms. The van der Waals surface area contributed by atoms with E-state index in [1.54, 1.807) is 12.1 Å². The van der Waals surface area contributed by atoms with Crippen molar-refractivity contribution in [1.82, 2.24) is 0 Å². The Morgan fingerprint density at radius 3 is 2.63 bits per heavy atom. The number of rotatable bonds is 3. The summed E-state index contributed by atoms with van der Waals surface area (Å²) in [6, 6.07) is 1.72. The van der Waals surface area contributed by atoms with Crippen molar-refractivity contribution in [2.24, 2.45) is 4.99 Å². The predicted molar refractivity (Wildman–Crippen MR) is 72.7 cm³/mol. The van der Waals surface area contributed by atoms with Crippen LogP contribution >= 0.6 is 11.6 Å². The standard InChI is InChI=1S/C14H16ClNO3/c1-9-7-10(19-2)13(18)12(15)11(9)14(16-8-17)5-3-4-6-14/h7,18H,3-6H2,1-2H3. The van der Waals surface area contributed by atoms with E-state index in [1.165, 1.54) is 7.11 Å². The van der Waals surface area contributed by atoms with Gasteiger partial charge in [-0.05, 0) is 31.4 Å². The normalized spacial score (nSPS) is 17.0. The number of halogens is 1. The summed E-state index contributed by atoms with van der Waals surface area (Å²) in [5.41, 5.74) is 0.931. The summed E-state index contributed by atoms with van der Waals surface area (Å²) in [5, 5.41) is 10.3. The first-order valence-electron chi connectivity index (χ1n) is 6.21. The molecule has 0 saturated heterocycles. The highest BCUT2D eigenvalue weighted by Gasteiger charge is 2.39. The van der Waals surface area contributed by atoms with Gasteiger partial charge in [0.05, 0.1) is 12.1 Å². The molecule has 1 aliphatic carbocycles. The molecule has 0 atom stereocenters. The number of aromatic hydroxyl groups is 1. The van der Waals surface area contributed by atoms with Crippen LogP contribution in [0, 0.1) is 6.92 Å². The third-order valence-corrected chi connectivity index (χ3v) is 4.15. The Morgan fingerprint density at radius 1 is 1.47 bits per heavy atom. The van der Waals surface area contributed by atoms with Gasteiger partial charge in [-0.15, -0.1) is 0 Å². The molecule has 0 aromatic heterocycles. The molecule has 102 valence electrons. The first-order chi connectivity index (χ1) is 9.05. The van der Waals surface area contributed by atoms with Crippen LogP contribution in [0.2, 0.25) is 5.02 Å². The molecule has 0 aliphatic heterocycles. The summed E-state index contributed by atoms with van der Waals surface area (Å²) in [6.45, 7) is 1.88. The molecule has 2 rings (SSSR count). The molecule has 19 heavy (non-hydrogen) atoms. The minimum absolute atomic E-state index is 0.0999. The number of aryl methyl sites for hydroxylation is 1. The van der Waals surface area contributed by atoms with Crippen LogP contribution in [-0.2, 0) is 10.3 Å². The molecule has 4 nitrogen and oxygen atoms in total. The Bertz CT molecular complexity index is 544. The molecule has 0 radical (unpaired) electrons. The second-order valence-corrected chi connectivity index (χ2v) is 5.25. The first-order valence-corrected chi connectivity index (χ1v) is 6.59. The number of hydrogen-bond acceptors (Lipinski definition) is 4. The van der Waals surface area contributed by atoms with Crippen molar-refractivity contribution in [3.63, 3.8) is 0 Å². The molecule has 1 aromatic rings. The van der Waals surface area contributed by atoms with E-state index in [4.69, 9.17) is 16.3 Å². The van der Waals surface area contributed by atoms with Crippen molar-refractivity contribution in [3.8, 4) is 11.5 Å². The lowest BCUT2D eigenvalue weighted by atomic mass is 9.85. The van der Waals surface area contributed by atoms with E-state index in [9.17, 15) is 9.90 Å². The van der Waals surface area contributed by atoms with E-state index < -0.39 is 5.54 Å². The minimum atomic E-state index is -0.646. The van der Waals surface area contributed by atoms with Gasteiger partial charge in [-0.3, -0.25) is 0 Å². The fraction of sp³-hybridized carbons (Fsp3) is 0.500. The lowest BCUT2D eigenvalue weighted by Crippen LogP contribution is -2.21. The molecular formula is C14H16ClNO3. The van der Waals surface area contributed by atoms with Gasteiger partial charge in [-0.25, -0.2) is 4.79 Å². The Morgan fingerprint density at radius 2 is 2.11 bits per heavy atom. The quantitative estimate of drug-likeness (QED) is 0.682. The summed E-state index contributed by atoms with van der Waals surface area (Å²) in [7, 11) is 1.47. The molecule has 1 saturated carbocycles.